The third-order valence-electron chi connectivity index (χ3n) is 9.91. The molecule has 0 aliphatic carbocycles. The highest BCUT2D eigenvalue weighted by Gasteiger charge is 2.31. The van der Waals surface area contributed by atoms with E-state index in [4.69, 9.17) is 14.2 Å². The summed E-state index contributed by atoms with van der Waals surface area (Å²) in [6, 6.07) is -0.610. The summed E-state index contributed by atoms with van der Waals surface area (Å²) < 4.78 is 17.2. The molecule has 0 aromatic heterocycles. The lowest BCUT2D eigenvalue weighted by Crippen LogP contribution is -2.50. The predicted octanol–water partition coefficient (Wildman–Crippen LogP) is 11.5. The van der Waals surface area contributed by atoms with Gasteiger partial charge in [-0.2, -0.15) is 0 Å². The number of allylic oxidation sites excluding steroid dienone is 2. The number of hydrogen-bond donors (Lipinski definition) is 1. The fraction of sp³-hybridized carbons (Fsp3) is 0.886. The second-order valence-electron chi connectivity index (χ2n) is 16.0. The van der Waals surface area contributed by atoms with Gasteiger partial charge in [0, 0.05) is 19.3 Å². The molecule has 0 aromatic carbocycles. The Morgan fingerprint density at radius 2 is 0.962 bits per heavy atom. The molecule has 8 heteroatoms. The van der Waals surface area contributed by atoms with Gasteiger partial charge in [0.25, 0.3) is 0 Å². The van der Waals surface area contributed by atoms with Crippen LogP contribution in [0.2, 0.25) is 0 Å². The number of carboxylic acid groups (broad SMARTS) is 1. The zero-order valence-electron chi connectivity index (χ0n) is 34.8. The van der Waals surface area contributed by atoms with E-state index in [1.807, 2.05) is 21.1 Å². The molecule has 0 aromatic rings. The van der Waals surface area contributed by atoms with E-state index >= 15 is 0 Å². The number of likely N-dealkylation sites (N-methyl/N-ethyl adjacent to an activating group) is 1. The van der Waals surface area contributed by atoms with Crippen LogP contribution in [0, 0.1) is 0 Å². The Hall–Kier alpha value is -1.93. The maximum absolute atomic E-state index is 12.7. The predicted molar refractivity (Wildman–Crippen MR) is 215 cm³/mol. The standard InChI is InChI=1S/C44H83NO7/c1-6-8-10-12-14-16-17-18-19-20-21-22-23-24-25-27-29-31-33-35-43(47)52-40(38-50-37-36-41(44(48)49)45(3,4)5)39-51-42(46)34-32-30-28-26-15-13-11-9-7-2/h20-21,40-41H,6-19,22-39H2,1-5H3/p+1/b21-20+. The molecule has 2 atom stereocenters. The lowest BCUT2D eigenvalue weighted by molar-refractivity contribution is -0.887. The van der Waals surface area contributed by atoms with Gasteiger partial charge in [0.05, 0.1) is 34.4 Å². The SMILES string of the molecule is CCCCCCCCCC/C=C/CCCCCCCCCC(=O)OC(COCCC(C(=O)O)[N+](C)(C)C)COC(=O)CCCCCCCCCCC. The number of carbonyl (C=O) groups is 3. The summed E-state index contributed by atoms with van der Waals surface area (Å²) in [6.45, 7) is 4.73. The van der Waals surface area contributed by atoms with Crippen molar-refractivity contribution in [2.24, 2.45) is 0 Å². The van der Waals surface area contributed by atoms with Crippen LogP contribution in [-0.4, -0.2) is 80.6 Å². The quantitative estimate of drug-likeness (QED) is 0.0290. The van der Waals surface area contributed by atoms with E-state index in [1.165, 1.54) is 128 Å². The topological polar surface area (TPSA) is 99.1 Å². The van der Waals surface area contributed by atoms with Gasteiger partial charge >= 0.3 is 17.9 Å². The molecule has 1 N–H and O–H groups in total. The van der Waals surface area contributed by atoms with Crippen LogP contribution < -0.4 is 0 Å². The van der Waals surface area contributed by atoms with Gasteiger partial charge in [-0.25, -0.2) is 4.79 Å². The zero-order chi connectivity index (χ0) is 38.5. The van der Waals surface area contributed by atoms with Crippen molar-refractivity contribution >= 4 is 17.9 Å². The summed E-state index contributed by atoms with van der Waals surface area (Å²) in [5.74, 6) is -1.46. The molecule has 0 rings (SSSR count). The number of rotatable bonds is 39. The minimum atomic E-state index is -0.874. The average molecular weight is 739 g/mol. The molecule has 0 saturated heterocycles. The molecule has 0 amide bonds. The summed E-state index contributed by atoms with van der Waals surface area (Å²) in [5.41, 5.74) is 0. The van der Waals surface area contributed by atoms with Crippen LogP contribution in [0.5, 0.6) is 0 Å². The molecule has 52 heavy (non-hydrogen) atoms. The van der Waals surface area contributed by atoms with Crippen molar-refractivity contribution in [2.45, 2.75) is 212 Å². The van der Waals surface area contributed by atoms with Crippen LogP contribution in [0.4, 0.5) is 0 Å². The van der Waals surface area contributed by atoms with Gasteiger partial charge in [0.1, 0.15) is 6.61 Å². The number of aliphatic carboxylic acids is 1. The highest BCUT2D eigenvalue weighted by molar-refractivity contribution is 5.72. The molecule has 0 saturated carbocycles. The van der Waals surface area contributed by atoms with E-state index in [-0.39, 0.29) is 36.2 Å². The minimum absolute atomic E-state index is 0.0475. The second kappa shape index (κ2) is 36.1. The number of quaternary nitrogens is 1. The molecule has 0 heterocycles. The Morgan fingerprint density at radius 1 is 0.558 bits per heavy atom. The first kappa shape index (κ1) is 50.1. The van der Waals surface area contributed by atoms with Gasteiger partial charge in [0.15, 0.2) is 12.1 Å². The third-order valence-corrected chi connectivity index (χ3v) is 9.91. The Kier molecular flexibility index (Phi) is 34.7. The minimum Gasteiger partial charge on any atom is -0.477 e. The Bertz CT molecular complexity index is 869. The lowest BCUT2D eigenvalue weighted by atomic mass is 10.1. The van der Waals surface area contributed by atoms with Crippen LogP contribution >= 0.6 is 0 Å². The number of ether oxygens (including phenoxy) is 3. The van der Waals surface area contributed by atoms with E-state index < -0.39 is 18.1 Å². The van der Waals surface area contributed by atoms with Gasteiger partial charge in [0.2, 0.25) is 0 Å². The normalized spacial score (nSPS) is 13.0. The van der Waals surface area contributed by atoms with Crippen molar-refractivity contribution in [3.8, 4) is 0 Å². The van der Waals surface area contributed by atoms with E-state index in [0.29, 0.717) is 19.3 Å². The molecule has 0 radical (unpaired) electrons. The highest BCUT2D eigenvalue weighted by Crippen LogP contribution is 2.15. The maximum Gasteiger partial charge on any atom is 0.362 e. The fourth-order valence-electron chi connectivity index (χ4n) is 6.50. The smallest absolute Gasteiger partial charge is 0.362 e. The van der Waals surface area contributed by atoms with Crippen molar-refractivity contribution in [1.29, 1.82) is 0 Å². The molecule has 0 spiro atoms. The first-order valence-corrected chi connectivity index (χ1v) is 21.7. The average Bonchev–Trinajstić information content (AvgIpc) is 3.09. The summed E-state index contributed by atoms with van der Waals surface area (Å²) >= 11 is 0. The molecule has 8 nitrogen and oxygen atoms in total. The molecule has 0 aliphatic rings. The fourth-order valence-corrected chi connectivity index (χ4v) is 6.50. The molecule has 2 unspecified atom stereocenters. The molecule has 306 valence electrons. The van der Waals surface area contributed by atoms with Gasteiger partial charge in [-0.1, -0.05) is 154 Å². The molecular weight excluding hydrogens is 654 g/mol. The van der Waals surface area contributed by atoms with Crippen LogP contribution in [0.3, 0.4) is 0 Å². The van der Waals surface area contributed by atoms with Crippen molar-refractivity contribution < 1.29 is 38.2 Å². The number of unbranched alkanes of at least 4 members (excludes halogenated alkanes) is 23. The summed E-state index contributed by atoms with van der Waals surface area (Å²) in [7, 11) is 5.53. The number of nitrogens with zero attached hydrogens (tertiary/aromatic N) is 1. The number of carboxylic acids is 1. The Balaban J connectivity index is 4.27. The van der Waals surface area contributed by atoms with E-state index in [0.717, 1.165) is 38.5 Å². The molecule has 0 bridgehead atoms. The maximum atomic E-state index is 12.7. The number of carbonyl (C=O) groups excluding carboxylic acids is 2. The summed E-state index contributed by atoms with van der Waals surface area (Å²) in [6.07, 6.45) is 36.8. The van der Waals surface area contributed by atoms with Crippen LogP contribution in [0.25, 0.3) is 0 Å². The number of hydrogen-bond acceptors (Lipinski definition) is 6. The Morgan fingerprint density at radius 3 is 1.38 bits per heavy atom. The van der Waals surface area contributed by atoms with Crippen LogP contribution in [0.1, 0.15) is 200 Å². The highest BCUT2D eigenvalue weighted by atomic mass is 16.6. The third kappa shape index (κ3) is 33.9. The second-order valence-corrected chi connectivity index (χ2v) is 16.0. The summed E-state index contributed by atoms with van der Waals surface area (Å²) in [4.78, 5) is 36.8. The largest absolute Gasteiger partial charge is 0.477 e. The first-order valence-electron chi connectivity index (χ1n) is 21.7. The van der Waals surface area contributed by atoms with E-state index in [2.05, 4.69) is 26.0 Å². The monoisotopic (exact) mass is 739 g/mol. The molecule has 0 aliphatic heterocycles. The van der Waals surface area contributed by atoms with Crippen molar-refractivity contribution in [2.75, 3.05) is 41.0 Å². The van der Waals surface area contributed by atoms with E-state index in [1.54, 1.807) is 0 Å². The zero-order valence-corrected chi connectivity index (χ0v) is 34.8. The number of esters is 2. The Labute approximate surface area is 320 Å². The van der Waals surface area contributed by atoms with Gasteiger partial charge in [-0.3, -0.25) is 9.59 Å². The molecule has 0 fully saturated rings. The van der Waals surface area contributed by atoms with Crippen LogP contribution in [0.15, 0.2) is 12.2 Å². The van der Waals surface area contributed by atoms with Gasteiger partial charge in [-0.05, 0) is 38.5 Å². The van der Waals surface area contributed by atoms with Gasteiger partial charge < -0.3 is 23.8 Å². The van der Waals surface area contributed by atoms with Gasteiger partial charge in [-0.15, -0.1) is 0 Å². The lowest BCUT2D eigenvalue weighted by Gasteiger charge is -2.31. The van der Waals surface area contributed by atoms with Crippen molar-refractivity contribution in [3.63, 3.8) is 0 Å². The van der Waals surface area contributed by atoms with Crippen molar-refractivity contribution in [1.82, 2.24) is 0 Å². The van der Waals surface area contributed by atoms with Crippen LogP contribution in [-0.2, 0) is 28.6 Å². The first-order chi connectivity index (χ1) is 25.1. The molecular formula is C44H84NO7+. The van der Waals surface area contributed by atoms with E-state index in [9.17, 15) is 19.5 Å². The van der Waals surface area contributed by atoms with Crippen molar-refractivity contribution in [3.05, 3.63) is 12.2 Å². The summed E-state index contributed by atoms with van der Waals surface area (Å²) in [5, 5.41) is 9.60.